The molecule has 0 saturated heterocycles. The summed E-state index contributed by atoms with van der Waals surface area (Å²) in [5.74, 6) is 0.223. The Kier molecular flexibility index (Phi) is 3.08. The minimum atomic E-state index is -0.303. The van der Waals surface area contributed by atoms with Crippen LogP contribution >= 0.6 is 0 Å². The molecule has 4 rings (SSSR count). The highest BCUT2D eigenvalue weighted by Crippen LogP contribution is 2.27. The van der Waals surface area contributed by atoms with Gasteiger partial charge in [-0.05, 0) is 43.3 Å². The second-order valence-electron chi connectivity index (χ2n) is 5.17. The molecule has 114 valence electrons. The zero-order valence-corrected chi connectivity index (χ0v) is 12.3. The highest BCUT2D eigenvalue weighted by molar-refractivity contribution is 5.82. The molecule has 0 unspecified atom stereocenters. The third-order valence-electron chi connectivity index (χ3n) is 3.67. The first-order valence-corrected chi connectivity index (χ1v) is 7.12. The summed E-state index contributed by atoms with van der Waals surface area (Å²) in [5.41, 5.74) is 3.73. The van der Waals surface area contributed by atoms with E-state index in [2.05, 4.69) is 15.0 Å². The van der Waals surface area contributed by atoms with Crippen LogP contribution in [0.3, 0.4) is 0 Å². The minimum Gasteiger partial charge on any atom is -0.426 e. The first-order valence-electron chi connectivity index (χ1n) is 7.12. The van der Waals surface area contributed by atoms with Gasteiger partial charge < -0.3 is 14.3 Å². The van der Waals surface area contributed by atoms with Crippen molar-refractivity contribution in [3.8, 4) is 17.4 Å². The number of halogens is 1. The van der Waals surface area contributed by atoms with E-state index in [4.69, 9.17) is 4.74 Å². The fourth-order valence-corrected chi connectivity index (χ4v) is 2.52. The maximum atomic E-state index is 12.9. The Morgan fingerprint density at radius 2 is 1.96 bits per heavy atom. The molecule has 0 aliphatic carbocycles. The maximum absolute atomic E-state index is 12.9. The molecule has 0 spiro atoms. The molecule has 2 heterocycles. The molecule has 1 N–H and O–H groups in total. The average Bonchev–Trinajstić information content (AvgIpc) is 3.19. The third-order valence-corrected chi connectivity index (χ3v) is 3.67. The van der Waals surface area contributed by atoms with Gasteiger partial charge in [0, 0.05) is 18.0 Å². The van der Waals surface area contributed by atoms with Gasteiger partial charge in [-0.25, -0.2) is 9.37 Å². The average molecular weight is 308 g/mol. The second-order valence-corrected chi connectivity index (χ2v) is 5.17. The van der Waals surface area contributed by atoms with Crippen LogP contribution in [0.15, 0.2) is 55.1 Å². The van der Waals surface area contributed by atoms with E-state index < -0.39 is 0 Å². The SMILES string of the molecule is Cc1c(-n2ccnc2)ccc2[nH]c(Oc3ccc(F)cc3)nc12. The minimum absolute atomic E-state index is 0.303. The zero-order chi connectivity index (χ0) is 15.8. The van der Waals surface area contributed by atoms with Gasteiger partial charge >= 0.3 is 0 Å². The maximum Gasteiger partial charge on any atom is 0.300 e. The molecule has 0 fully saturated rings. The van der Waals surface area contributed by atoms with Crippen molar-refractivity contribution in [2.24, 2.45) is 0 Å². The highest BCUT2D eigenvalue weighted by Gasteiger charge is 2.11. The monoisotopic (exact) mass is 308 g/mol. The molecule has 2 aromatic carbocycles. The predicted octanol–water partition coefficient (Wildman–Crippen LogP) is 3.99. The first-order chi connectivity index (χ1) is 11.2. The summed E-state index contributed by atoms with van der Waals surface area (Å²) in [6, 6.07) is 10.1. The number of imidazole rings is 2. The number of aromatic nitrogens is 4. The molecule has 0 atom stereocenters. The molecule has 0 aliphatic heterocycles. The first kappa shape index (κ1) is 13.5. The number of benzene rings is 2. The van der Waals surface area contributed by atoms with Crippen molar-refractivity contribution < 1.29 is 9.13 Å². The normalized spacial score (nSPS) is 11.0. The van der Waals surface area contributed by atoms with Gasteiger partial charge in [0.1, 0.15) is 11.6 Å². The van der Waals surface area contributed by atoms with E-state index in [0.717, 1.165) is 22.3 Å². The third kappa shape index (κ3) is 2.44. The van der Waals surface area contributed by atoms with Crippen LogP contribution in [0, 0.1) is 12.7 Å². The van der Waals surface area contributed by atoms with Crippen molar-refractivity contribution >= 4 is 11.0 Å². The van der Waals surface area contributed by atoms with Crippen LogP contribution in [-0.4, -0.2) is 19.5 Å². The zero-order valence-electron chi connectivity index (χ0n) is 12.3. The number of rotatable bonds is 3. The lowest BCUT2D eigenvalue weighted by Gasteiger charge is -2.06. The predicted molar refractivity (Wildman–Crippen MR) is 84.4 cm³/mol. The van der Waals surface area contributed by atoms with Gasteiger partial charge in [0.2, 0.25) is 0 Å². The van der Waals surface area contributed by atoms with E-state index in [1.54, 1.807) is 24.7 Å². The number of aryl methyl sites for hydroxylation is 1. The van der Waals surface area contributed by atoms with Crippen LogP contribution in [0.5, 0.6) is 11.8 Å². The fraction of sp³-hybridized carbons (Fsp3) is 0.0588. The van der Waals surface area contributed by atoms with Crippen molar-refractivity contribution in [2.45, 2.75) is 6.92 Å². The van der Waals surface area contributed by atoms with Gasteiger partial charge in [0.25, 0.3) is 6.01 Å². The summed E-state index contributed by atoms with van der Waals surface area (Å²) in [6.45, 7) is 2.00. The van der Waals surface area contributed by atoms with E-state index >= 15 is 0 Å². The molecule has 0 aliphatic rings. The Morgan fingerprint density at radius 1 is 1.13 bits per heavy atom. The standard InChI is InChI=1S/C17H13FN4O/c1-11-15(22-9-8-19-10-22)7-6-14-16(11)21-17(20-14)23-13-4-2-12(18)3-5-13/h2-10H,1H3,(H,20,21). The van der Waals surface area contributed by atoms with Crippen LogP contribution in [0.2, 0.25) is 0 Å². The Bertz CT molecular complexity index is 958. The number of hydrogen-bond donors (Lipinski definition) is 1. The fourth-order valence-electron chi connectivity index (χ4n) is 2.52. The molecular formula is C17H13FN4O. The van der Waals surface area contributed by atoms with E-state index in [0.29, 0.717) is 11.8 Å². The Hall–Kier alpha value is -3.15. The summed E-state index contributed by atoms with van der Waals surface area (Å²) >= 11 is 0. The number of hydrogen-bond acceptors (Lipinski definition) is 3. The lowest BCUT2D eigenvalue weighted by Crippen LogP contribution is -1.94. The van der Waals surface area contributed by atoms with Crippen LogP contribution in [0.25, 0.3) is 16.7 Å². The molecular weight excluding hydrogens is 295 g/mol. The van der Waals surface area contributed by atoms with E-state index in [9.17, 15) is 4.39 Å². The summed E-state index contributed by atoms with van der Waals surface area (Å²) in [7, 11) is 0. The van der Waals surface area contributed by atoms with Gasteiger partial charge in [-0.15, -0.1) is 0 Å². The molecule has 0 radical (unpaired) electrons. The molecule has 2 aromatic heterocycles. The van der Waals surface area contributed by atoms with E-state index in [1.165, 1.54) is 12.1 Å². The topological polar surface area (TPSA) is 55.7 Å². The van der Waals surface area contributed by atoms with Crippen LogP contribution in [0.1, 0.15) is 5.56 Å². The molecule has 6 heteroatoms. The second kappa shape index (κ2) is 5.24. The Labute approximate surface area is 131 Å². The molecule has 23 heavy (non-hydrogen) atoms. The molecule has 0 bridgehead atoms. The number of ether oxygens (including phenoxy) is 1. The smallest absolute Gasteiger partial charge is 0.300 e. The van der Waals surface area contributed by atoms with Gasteiger partial charge in [-0.2, -0.15) is 4.98 Å². The van der Waals surface area contributed by atoms with Crippen molar-refractivity contribution in [1.82, 2.24) is 19.5 Å². The van der Waals surface area contributed by atoms with Crippen molar-refractivity contribution in [3.05, 3.63) is 66.5 Å². The van der Waals surface area contributed by atoms with Crippen LogP contribution < -0.4 is 4.74 Å². The molecule has 4 aromatic rings. The number of fused-ring (bicyclic) bond motifs is 1. The summed E-state index contributed by atoms with van der Waals surface area (Å²) in [4.78, 5) is 11.7. The van der Waals surface area contributed by atoms with Gasteiger partial charge in [-0.3, -0.25) is 0 Å². The van der Waals surface area contributed by atoms with E-state index in [1.807, 2.05) is 29.8 Å². The molecule has 0 saturated carbocycles. The van der Waals surface area contributed by atoms with Crippen molar-refractivity contribution in [1.29, 1.82) is 0 Å². The highest BCUT2D eigenvalue weighted by atomic mass is 19.1. The van der Waals surface area contributed by atoms with Gasteiger partial charge in [0.15, 0.2) is 0 Å². The van der Waals surface area contributed by atoms with Gasteiger partial charge in [-0.1, -0.05) is 0 Å². The summed E-state index contributed by atoms with van der Waals surface area (Å²) in [6.07, 6.45) is 5.37. The lowest BCUT2D eigenvalue weighted by atomic mass is 10.1. The van der Waals surface area contributed by atoms with Crippen LogP contribution in [-0.2, 0) is 0 Å². The summed E-state index contributed by atoms with van der Waals surface area (Å²) < 4.78 is 20.5. The van der Waals surface area contributed by atoms with Gasteiger partial charge in [0.05, 0.1) is 23.0 Å². The molecule has 5 nitrogen and oxygen atoms in total. The largest absolute Gasteiger partial charge is 0.426 e. The number of nitrogens with zero attached hydrogens (tertiary/aromatic N) is 3. The quantitative estimate of drug-likeness (QED) is 0.622. The Balaban J connectivity index is 1.73. The lowest BCUT2D eigenvalue weighted by molar-refractivity contribution is 0.448. The number of H-pyrrole nitrogens is 1. The van der Waals surface area contributed by atoms with E-state index in [-0.39, 0.29) is 5.82 Å². The number of nitrogens with one attached hydrogen (secondary N) is 1. The summed E-state index contributed by atoms with van der Waals surface area (Å²) in [5, 5.41) is 0. The number of aromatic amines is 1. The Morgan fingerprint density at radius 3 is 2.70 bits per heavy atom. The van der Waals surface area contributed by atoms with Crippen molar-refractivity contribution in [2.75, 3.05) is 0 Å². The van der Waals surface area contributed by atoms with Crippen molar-refractivity contribution in [3.63, 3.8) is 0 Å². The van der Waals surface area contributed by atoms with Crippen LogP contribution in [0.4, 0.5) is 4.39 Å². The molecule has 0 amide bonds.